The van der Waals surface area contributed by atoms with Gasteiger partial charge in [-0.25, -0.2) is 4.79 Å². The van der Waals surface area contributed by atoms with Gasteiger partial charge in [-0.1, -0.05) is 18.2 Å². The summed E-state index contributed by atoms with van der Waals surface area (Å²) >= 11 is 0. The molecule has 0 atom stereocenters. The number of carbonyl (C=O) groups is 2. The fraction of sp³-hybridized carbons (Fsp3) is 0.167. The second kappa shape index (κ2) is 5.19. The molecule has 6 heteroatoms. The zero-order valence-corrected chi connectivity index (χ0v) is 13.2. The number of nitrogens with zero attached hydrogens (tertiary/aromatic N) is 2. The second-order valence-corrected chi connectivity index (χ2v) is 5.54. The minimum absolute atomic E-state index is 0.222. The molecule has 0 bridgehead atoms. The first-order valence-corrected chi connectivity index (χ1v) is 7.63. The molecule has 0 amide bonds. The third kappa shape index (κ3) is 2.00. The van der Waals surface area contributed by atoms with Gasteiger partial charge in [0.1, 0.15) is 5.75 Å². The Morgan fingerprint density at radius 1 is 1.21 bits per heavy atom. The summed E-state index contributed by atoms with van der Waals surface area (Å²) in [4.78, 5) is 27.8. The standard InChI is InChI=1S/C18H14N2O4/c1-3-20-14-7-5-4-6-11(14)12-8-13-16(9-15(12)20)23-18(17(13)22)19-24-10(2)21/h4-9H,3H2,1-2H3/b19-18-. The number of aryl methyl sites for hydroxylation is 1. The van der Waals surface area contributed by atoms with Crippen LogP contribution in [-0.2, 0) is 16.2 Å². The topological polar surface area (TPSA) is 69.9 Å². The molecule has 0 spiro atoms. The van der Waals surface area contributed by atoms with Crippen LogP contribution in [0.15, 0.2) is 41.6 Å². The summed E-state index contributed by atoms with van der Waals surface area (Å²) in [5.41, 5.74) is 2.52. The van der Waals surface area contributed by atoms with Crippen LogP contribution in [0.1, 0.15) is 24.2 Å². The average Bonchev–Trinajstić information content (AvgIpc) is 3.06. The fourth-order valence-corrected chi connectivity index (χ4v) is 3.11. The lowest BCUT2D eigenvalue weighted by molar-refractivity contribution is -0.141. The van der Waals surface area contributed by atoms with Crippen molar-refractivity contribution in [2.24, 2.45) is 5.16 Å². The quantitative estimate of drug-likeness (QED) is 0.536. The van der Waals surface area contributed by atoms with Crippen LogP contribution in [0.4, 0.5) is 0 Å². The lowest BCUT2D eigenvalue weighted by Crippen LogP contribution is -2.13. The number of Topliss-reactive ketones (excluding diaryl/α,β-unsaturated/α-hetero) is 1. The summed E-state index contributed by atoms with van der Waals surface area (Å²) in [6.07, 6.45) is 0. The van der Waals surface area contributed by atoms with Crippen LogP contribution in [-0.4, -0.2) is 22.2 Å². The van der Waals surface area contributed by atoms with Crippen molar-refractivity contribution in [3.8, 4) is 5.75 Å². The van der Waals surface area contributed by atoms with E-state index in [-0.39, 0.29) is 11.7 Å². The first-order chi connectivity index (χ1) is 11.6. The molecule has 0 unspecified atom stereocenters. The molecule has 0 radical (unpaired) electrons. The second-order valence-electron chi connectivity index (χ2n) is 5.54. The van der Waals surface area contributed by atoms with Gasteiger partial charge in [-0.2, -0.15) is 0 Å². The van der Waals surface area contributed by atoms with Crippen LogP contribution >= 0.6 is 0 Å². The SMILES string of the molecule is CCn1c2ccccc2c2cc3c(cc21)O/C(=N\OC(C)=O)C3=O. The highest BCUT2D eigenvalue weighted by atomic mass is 16.7. The van der Waals surface area contributed by atoms with Crippen LogP contribution in [0.2, 0.25) is 0 Å². The number of oxime groups is 1. The van der Waals surface area contributed by atoms with Crippen molar-refractivity contribution < 1.29 is 19.2 Å². The monoisotopic (exact) mass is 322 g/mol. The Morgan fingerprint density at radius 3 is 2.75 bits per heavy atom. The van der Waals surface area contributed by atoms with E-state index in [9.17, 15) is 9.59 Å². The van der Waals surface area contributed by atoms with Crippen LogP contribution in [0.5, 0.6) is 5.75 Å². The lowest BCUT2D eigenvalue weighted by Gasteiger charge is -2.03. The number of benzene rings is 2. The van der Waals surface area contributed by atoms with E-state index in [2.05, 4.69) is 27.6 Å². The highest BCUT2D eigenvalue weighted by Gasteiger charge is 2.31. The summed E-state index contributed by atoms with van der Waals surface area (Å²) in [5, 5.41) is 5.55. The number of hydrogen-bond acceptors (Lipinski definition) is 5. The largest absolute Gasteiger partial charge is 0.433 e. The first kappa shape index (κ1) is 14.4. The molecule has 6 nitrogen and oxygen atoms in total. The molecule has 0 saturated heterocycles. The van der Waals surface area contributed by atoms with Crippen molar-refractivity contribution in [1.29, 1.82) is 0 Å². The Kier molecular flexibility index (Phi) is 3.13. The predicted octanol–water partition coefficient (Wildman–Crippen LogP) is 3.27. The maximum atomic E-state index is 12.4. The summed E-state index contributed by atoms with van der Waals surface area (Å²) in [6, 6.07) is 11.7. The highest BCUT2D eigenvalue weighted by molar-refractivity contribution is 6.47. The number of fused-ring (bicyclic) bond motifs is 4. The van der Waals surface area contributed by atoms with Crippen molar-refractivity contribution in [1.82, 2.24) is 4.57 Å². The maximum absolute atomic E-state index is 12.4. The summed E-state index contributed by atoms with van der Waals surface area (Å²) in [7, 11) is 0. The molecule has 1 aromatic heterocycles. The molecule has 0 fully saturated rings. The van der Waals surface area contributed by atoms with Gasteiger partial charge >= 0.3 is 11.9 Å². The Labute approximate surface area is 137 Å². The molecule has 0 aliphatic carbocycles. The number of hydrogen-bond donors (Lipinski definition) is 0. The van der Waals surface area contributed by atoms with E-state index < -0.39 is 5.97 Å². The molecular formula is C18H14N2O4. The summed E-state index contributed by atoms with van der Waals surface area (Å²) < 4.78 is 7.65. The normalized spacial score (nSPS) is 15.1. The smallest absolute Gasteiger partial charge is 0.332 e. The molecular weight excluding hydrogens is 308 g/mol. The molecule has 1 aliphatic rings. The van der Waals surface area contributed by atoms with Crippen molar-refractivity contribution in [3.05, 3.63) is 42.0 Å². The minimum atomic E-state index is -0.608. The van der Waals surface area contributed by atoms with Crippen molar-refractivity contribution in [2.45, 2.75) is 20.4 Å². The molecule has 2 aromatic carbocycles. The van der Waals surface area contributed by atoms with Gasteiger partial charge in [-0.15, -0.1) is 0 Å². The molecule has 4 rings (SSSR count). The number of para-hydroxylation sites is 1. The van der Waals surface area contributed by atoms with Crippen molar-refractivity contribution in [2.75, 3.05) is 0 Å². The third-order valence-electron chi connectivity index (χ3n) is 4.09. The van der Waals surface area contributed by atoms with Crippen LogP contribution in [0.3, 0.4) is 0 Å². The molecule has 2 heterocycles. The summed E-state index contributed by atoms with van der Waals surface area (Å²) in [6.45, 7) is 4.07. The van der Waals surface area contributed by atoms with E-state index in [1.165, 1.54) is 6.92 Å². The number of aromatic nitrogens is 1. The zero-order chi connectivity index (χ0) is 16.8. The van der Waals surface area contributed by atoms with Gasteiger partial charge in [0.05, 0.1) is 11.1 Å². The molecule has 120 valence electrons. The Bertz CT molecular complexity index is 1050. The van der Waals surface area contributed by atoms with Crippen molar-refractivity contribution in [3.63, 3.8) is 0 Å². The van der Waals surface area contributed by atoms with Gasteiger partial charge in [0.2, 0.25) is 0 Å². The van der Waals surface area contributed by atoms with E-state index in [4.69, 9.17) is 4.74 Å². The van der Waals surface area contributed by atoms with Crippen LogP contribution in [0, 0.1) is 0 Å². The van der Waals surface area contributed by atoms with Gasteiger partial charge < -0.3 is 14.1 Å². The van der Waals surface area contributed by atoms with Crippen LogP contribution in [0.25, 0.3) is 21.8 Å². The van der Waals surface area contributed by atoms with E-state index in [1.54, 1.807) is 0 Å². The first-order valence-electron chi connectivity index (χ1n) is 7.63. The average molecular weight is 322 g/mol. The van der Waals surface area contributed by atoms with E-state index in [0.717, 1.165) is 28.4 Å². The van der Waals surface area contributed by atoms with E-state index in [1.807, 2.05) is 30.3 Å². The number of rotatable bonds is 2. The number of ketones is 1. The highest BCUT2D eigenvalue weighted by Crippen LogP contribution is 2.36. The molecule has 1 aliphatic heterocycles. The Morgan fingerprint density at radius 2 is 2.00 bits per heavy atom. The maximum Gasteiger partial charge on any atom is 0.332 e. The minimum Gasteiger partial charge on any atom is -0.433 e. The Hall–Kier alpha value is -3.15. The lowest BCUT2D eigenvalue weighted by atomic mass is 10.1. The van der Waals surface area contributed by atoms with Gasteiger partial charge in [-0.3, -0.25) is 4.79 Å². The van der Waals surface area contributed by atoms with Gasteiger partial charge in [0.15, 0.2) is 0 Å². The Balaban J connectivity index is 1.93. The summed E-state index contributed by atoms with van der Waals surface area (Å²) in [5.74, 6) is -0.791. The van der Waals surface area contributed by atoms with Crippen LogP contribution < -0.4 is 4.74 Å². The third-order valence-corrected chi connectivity index (χ3v) is 4.09. The number of carbonyl (C=O) groups excluding carboxylic acids is 2. The van der Waals surface area contributed by atoms with Gasteiger partial charge in [-0.05, 0) is 24.2 Å². The predicted molar refractivity (Wildman–Crippen MR) is 89.3 cm³/mol. The van der Waals surface area contributed by atoms with E-state index >= 15 is 0 Å². The molecule has 24 heavy (non-hydrogen) atoms. The fourth-order valence-electron chi connectivity index (χ4n) is 3.11. The zero-order valence-electron chi connectivity index (χ0n) is 13.2. The molecule has 3 aromatic rings. The van der Waals surface area contributed by atoms with Gasteiger partial charge in [0.25, 0.3) is 5.78 Å². The van der Waals surface area contributed by atoms with E-state index in [0.29, 0.717) is 11.3 Å². The van der Waals surface area contributed by atoms with Crippen molar-refractivity contribution >= 4 is 39.5 Å². The molecule has 0 N–H and O–H groups in total. The van der Waals surface area contributed by atoms with Gasteiger partial charge in [0, 0.05) is 35.8 Å². The number of ether oxygens (including phenoxy) is 1. The molecule has 0 saturated carbocycles.